The largest absolute Gasteiger partial charge is 0.493 e. The number of aromatic nitrogens is 7. The highest BCUT2D eigenvalue weighted by molar-refractivity contribution is 5.70. The molecule has 0 atom stereocenters. The minimum atomic E-state index is -0.419. The number of halogens is 1. The van der Waals surface area contributed by atoms with Crippen LogP contribution in [0.2, 0.25) is 0 Å². The summed E-state index contributed by atoms with van der Waals surface area (Å²) in [6, 6.07) is 13.0. The topological polar surface area (TPSA) is 114 Å². The Hall–Kier alpha value is -4.41. The summed E-state index contributed by atoms with van der Waals surface area (Å²) in [5, 5.41) is 11.9. The SMILES string of the molecule is CCOc1ccccc1-c1noc(Cn2cnc3c(nnn3-c3ccc(F)cc3)c2=O)n1. The molecule has 3 aromatic heterocycles. The average molecular weight is 433 g/mol. The van der Waals surface area contributed by atoms with Crippen LogP contribution in [0.5, 0.6) is 5.75 Å². The van der Waals surface area contributed by atoms with Crippen molar-refractivity contribution in [2.24, 2.45) is 0 Å². The zero-order valence-corrected chi connectivity index (χ0v) is 16.8. The molecule has 32 heavy (non-hydrogen) atoms. The maximum absolute atomic E-state index is 13.2. The molecule has 0 spiro atoms. The van der Waals surface area contributed by atoms with Crippen LogP contribution in [0, 0.1) is 5.82 Å². The fourth-order valence-electron chi connectivity index (χ4n) is 3.22. The normalized spacial score (nSPS) is 11.2. The average Bonchev–Trinajstić information content (AvgIpc) is 3.45. The van der Waals surface area contributed by atoms with Crippen LogP contribution in [0.25, 0.3) is 28.2 Å². The van der Waals surface area contributed by atoms with Crippen molar-refractivity contribution in [3.05, 3.63) is 76.9 Å². The van der Waals surface area contributed by atoms with Gasteiger partial charge < -0.3 is 9.26 Å². The second-order valence-electron chi connectivity index (χ2n) is 6.77. The van der Waals surface area contributed by atoms with Gasteiger partial charge in [0.25, 0.3) is 5.56 Å². The number of rotatable bonds is 6. The molecule has 0 aliphatic carbocycles. The van der Waals surface area contributed by atoms with Crippen LogP contribution in [-0.2, 0) is 6.54 Å². The molecule has 0 aliphatic rings. The van der Waals surface area contributed by atoms with Crippen LogP contribution in [-0.4, -0.2) is 41.3 Å². The number of hydrogen-bond donors (Lipinski definition) is 0. The summed E-state index contributed by atoms with van der Waals surface area (Å²) in [4.78, 5) is 21.6. The van der Waals surface area contributed by atoms with Crippen LogP contribution < -0.4 is 10.3 Å². The van der Waals surface area contributed by atoms with Crippen molar-refractivity contribution in [3.8, 4) is 22.8 Å². The molecule has 160 valence electrons. The zero-order chi connectivity index (χ0) is 22.1. The molecule has 0 saturated heterocycles. The highest BCUT2D eigenvalue weighted by Crippen LogP contribution is 2.27. The molecule has 0 unspecified atom stereocenters. The van der Waals surface area contributed by atoms with E-state index in [2.05, 4.69) is 25.4 Å². The maximum Gasteiger partial charge on any atom is 0.284 e. The molecule has 2 aromatic carbocycles. The van der Waals surface area contributed by atoms with Gasteiger partial charge in [-0.1, -0.05) is 22.5 Å². The Balaban J connectivity index is 1.45. The van der Waals surface area contributed by atoms with Gasteiger partial charge in [0.1, 0.15) is 24.4 Å². The second-order valence-corrected chi connectivity index (χ2v) is 6.77. The van der Waals surface area contributed by atoms with Gasteiger partial charge in [-0.25, -0.2) is 9.37 Å². The van der Waals surface area contributed by atoms with Gasteiger partial charge in [-0.15, -0.1) is 5.10 Å². The third kappa shape index (κ3) is 3.49. The number of benzene rings is 2. The Bertz CT molecular complexity index is 1460. The third-order valence-corrected chi connectivity index (χ3v) is 4.70. The first-order chi connectivity index (χ1) is 15.6. The Kier molecular flexibility index (Phi) is 4.90. The molecular weight excluding hydrogens is 417 g/mol. The number of fused-ring (bicyclic) bond motifs is 1. The van der Waals surface area contributed by atoms with Crippen LogP contribution in [0.3, 0.4) is 0 Å². The Morgan fingerprint density at radius 2 is 1.94 bits per heavy atom. The first-order valence-electron chi connectivity index (χ1n) is 9.75. The van der Waals surface area contributed by atoms with Gasteiger partial charge in [-0.3, -0.25) is 9.36 Å². The molecule has 5 aromatic rings. The van der Waals surface area contributed by atoms with Crippen LogP contribution in [0.1, 0.15) is 12.8 Å². The van der Waals surface area contributed by atoms with E-state index in [4.69, 9.17) is 9.26 Å². The van der Waals surface area contributed by atoms with Crippen LogP contribution in [0.15, 0.2) is 64.2 Å². The first-order valence-corrected chi connectivity index (χ1v) is 9.75. The lowest BCUT2D eigenvalue weighted by atomic mass is 10.2. The fraction of sp³-hybridized carbons (Fsp3) is 0.143. The second kappa shape index (κ2) is 8.02. The van der Waals surface area contributed by atoms with Crippen molar-refractivity contribution >= 4 is 11.2 Å². The van der Waals surface area contributed by atoms with Crippen molar-refractivity contribution in [2.45, 2.75) is 13.5 Å². The number of nitrogens with zero attached hydrogens (tertiary/aromatic N) is 7. The highest BCUT2D eigenvalue weighted by atomic mass is 19.1. The lowest BCUT2D eigenvalue weighted by molar-refractivity contribution is 0.340. The van der Waals surface area contributed by atoms with E-state index in [-0.39, 0.29) is 29.4 Å². The molecular formula is C21H16FN7O3. The van der Waals surface area contributed by atoms with Gasteiger partial charge in [0, 0.05) is 0 Å². The number of ether oxygens (including phenoxy) is 1. The molecule has 0 bridgehead atoms. The molecule has 0 N–H and O–H groups in total. The molecule has 5 rings (SSSR count). The molecule has 0 amide bonds. The number of hydrogen-bond acceptors (Lipinski definition) is 8. The molecule has 0 saturated carbocycles. The summed E-state index contributed by atoms with van der Waals surface area (Å²) >= 11 is 0. The highest BCUT2D eigenvalue weighted by Gasteiger charge is 2.17. The van der Waals surface area contributed by atoms with Gasteiger partial charge in [-0.05, 0) is 43.3 Å². The smallest absolute Gasteiger partial charge is 0.284 e. The summed E-state index contributed by atoms with van der Waals surface area (Å²) in [5.74, 6) is 0.838. The zero-order valence-electron chi connectivity index (χ0n) is 16.8. The molecule has 0 aliphatic heterocycles. The van der Waals surface area contributed by atoms with Gasteiger partial charge in [0.15, 0.2) is 11.2 Å². The van der Waals surface area contributed by atoms with E-state index >= 15 is 0 Å². The monoisotopic (exact) mass is 433 g/mol. The minimum Gasteiger partial charge on any atom is -0.493 e. The summed E-state index contributed by atoms with van der Waals surface area (Å²) < 4.78 is 26.8. The number of para-hydroxylation sites is 1. The van der Waals surface area contributed by atoms with Crippen molar-refractivity contribution in [1.29, 1.82) is 0 Å². The van der Waals surface area contributed by atoms with Crippen molar-refractivity contribution in [1.82, 2.24) is 34.7 Å². The Morgan fingerprint density at radius 1 is 1.12 bits per heavy atom. The van der Waals surface area contributed by atoms with E-state index in [0.717, 1.165) is 0 Å². The van der Waals surface area contributed by atoms with Crippen molar-refractivity contribution < 1.29 is 13.7 Å². The molecule has 10 nitrogen and oxygen atoms in total. The van der Waals surface area contributed by atoms with E-state index < -0.39 is 5.56 Å². The maximum atomic E-state index is 13.2. The third-order valence-electron chi connectivity index (χ3n) is 4.70. The van der Waals surface area contributed by atoms with Crippen LogP contribution >= 0.6 is 0 Å². The fourth-order valence-corrected chi connectivity index (χ4v) is 3.22. The van der Waals surface area contributed by atoms with Crippen LogP contribution in [0.4, 0.5) is 4.39 Å². The Labute approximate surface area is 179 Å². The van der Waals surface area contributed by atoms with Gasteiger partial charge >= 0.3 is 0 Å². The summed E-state index contributed by atoms with van der Waals surface area (Å²) in [5.41, 5.74) is 1.13. The standard InChI is InChI=1S/C21H16FN7O3/c1-2-31-16-6-4-3-5-15(16)19-24-17(32-26-19)11-28-12-23-20-18(21(28)30)25-27-29(20)14-9-7-13(22)8-10-14/h3-10,12H,2,11H2,1H3. The van der Waals surface area contributed by atoms with E-state index in [1.54, 1.807) is 0 Å². The van der Waals surface area contributed by atoms with Gasteiger partial charge in [0.05, 0.1) is 17.9 Å². The molecule has 0 radical (unpaired) electrons. The van der Waals surface area contributed by atoms with E-state index in [1.807, 2.05) is 31.2 Å². The summed E-state index contributed by atoms with van der Waals surface area (Å²) in [7, 11) is 0. The van der Waals surface area contributed by atoms with E-state index in [1.165, 1.54) is 39.8 Å². The predicted octanol–water partition coefficient (Wildman–Crippen LogP) is 2.61. The summed E-state index contributed by atoms with van der Waals surface area (Å²) in [6.07, 6.45) is 1.35. The van der Waals surface area contributed by atoms with E-state index in [9.17, 15) is 9.18 Å². The minimum absolute atomic E-state index is 0.00891. The quantitative estimate of drug-likeness (QED) is 0.402. The molecule has 0 fully saturated rings. The first kappa shape index (κ1) is 19.5. The lowest BCUT2D eigenvalue weighted by Crippen LogP contribution is -2.21. The van der Waals surface area contributed by atoms with Crippen molar-refractivity contribution in [2.75, 3.05) is 6.61 Å². The lowest BCUT2D eigenvalue weighted by Gasteiger charge is -2.06. The summed E-state index contributed by atoms with van der Waals surface area (Å²) in [6.45, 7) is 2.40. The molecule has 11 heteroatoms. The van der Waals surface area contributed by atoms with Gasteiger partial charge in [-0.2, -0.15) is 9.67 Å². The Morgan fingerprint density at radius 3 is 2.75 bits per heavy atom. The van der Waals surface area contributed by atoms with Crippen molar-refractivity contribution in [3.63, 3.8) is 0 Å². The van der Waals surface area contributed by atoms with E-state index in [0.29, 0.717) is 29.4 Å². The van der Waals surface area contributed by atoms with Gasteiger partial charge in [0.2, 0.25) is 11.7 Å². The predicted molar refractivity (Wildman–Crippen MR) is 111 cm³/mol. The molecule has 3 heterocycles.